The molecule has 0 bridgehead atoms. The van der Waals surface area contributed by atoms with Crippen LogP contribution in [0.4, 0.5) is 0 Å². The number of hydrogen-bond acceptors (Lipinski definition) is 3. The minimum atomic E-state index is 0. The fraction of sp³-hybridized carbons (Fsp3) is 0.533. The molecule has 20 heavy (non-hydrogen) atoms. The van der Waals surface area contributed by atoms with E-state index in [-0.39, 0.29) is 23.7 Å². The molecule has 1 aromatic rings. The lowest BCUT2D eigenvalue weighted by Gasteiger charge is -2.25. The summed E-state index contributed by atoms with van der Waals surface area (Å²) in [6, 6.07) is 8.49. The number of thioether (sulfide) groups is 1. The molecule has 112 valence electrons. The van der Waals surface area contributed by atoms with Gasteiger partial charge in [0.1, 0.15) is 5.37 Å². The molecule has 5 heteroatoms. The van der Waals surface area contributed by atoms with Crippen LogP contribution in [0.15, 0.2) is 24.3 Å². The van der Waals surface area contributed by atoms with E-state index in [0.29, 0.717) is 5.75 Å². The van der Waals surface area contributed by atoms with Gasteiger partial charge in [0.2, 0.25) is 5.91 Å². The van der Waals surface area contributed by atoms with Crippen LogP contribution in [0.2, 0.25) is 0 Å². The number of carbonyl (C=O) groups excluding carboxylic acids is 1. The molecule has 1 unspecified atom stereocenters. The molecule has 1 aliphatic rings. The second-order valence-electron chi connectivity index (χ2n) is 5.32. The number of benzene rings is 1. The molecule has 0 aromatic heterocycles. The molecule has 1 amide bonds. The third-order valence-electron chi connectivity index (χ3n) is 3.30. The molecule has 0 radical (unpaired) electrons. The summed E-state index contributed by atoms with van der Waals surface area (Å²) in [7, 11) is 4.14. The maximum absolute atomic E-state index is 12.0. The summed E-state index contributed by atoms with van der Waals surface area (Å²) in [6.45, 7) is 3.97. The highest BCUT2D eigenvalue weighted by Crippen LogP contribution is 2.38. The predicted octanol–water partition coefficient (Wildman–Crippen LogP) is 2.94. The molecule has 1 atom stereocenters. The second-order valence-corrected chi connectivity index (χ2v) is 6.39. The van der Waals surface area contributed by atoms with E-state index in [0.717, 1.165) is 19.5 Å². The first kappa shape index (κ1) is 17.3. The highest BCUT2D eigenvalue weighted by atomic mass is 35.5. The van der Waals surface area contributed by atoms with Crippen molar-refractivity contribution in [1.82, 2.24) is 9.80 Å². The minimum absolute atomic E-state index is 0. The van der Waals surface area contributed by atoms with Gasteiger partial charge in [0, 0.05) is 6.54 Å². The first-order chi connectivity index (χ1) is 9.08. The topological polar surface area (TPSA) is 23.6 Å². The van der Waals surface area contributed by atoms with Gasteiger partial charge in [-0.1, -0.05) is 29.8 Å². The van der Waals surface area contributed by atoms with Crippen LogP contribution in [-0.4, -0.2) is 48.6 Å². The van der Waals surface area contributed by atoms with Crippen molar-refractivity contribution in [3.8, 4) is 0 Å². The monoisotopic (exact) mass is 314 g/mol. The zero-order valence-electron chi connectivity index (χ0n) is 12.3. The lowest BCUT2D eigenvalue weighted by Crippen LogP contribution is -2.31. The van der Waals surface area contributed by atoms with Gasteiger partial charge in [-0.15, -0.1) is 24.2 Å². The summed E-state index contributed by atoms with van der Waals surface area (Å²) < 4.78 is 0. The number of halogens is 1. The lowest BCUT2D eigenvalue weighted by molar-refractivity contribution is -0.128. The summed E-state index contributed by atoms with van der Waals surface area (Å²) in [4.78, 5) is 16.2. The van der Waals surface area contributed by atoms with Gasteiger partial charge < -0.3 is 9.80 Å². The molecule has 1 aromatic carbocycles. The average molecular weight is 315 g/mol. The van der Waals surface area contributed by atoms with Crippen molar-refractivity contribution in [3.63, 3.8) is 0 Å². The summed E-state index contributed by atoms with van der Waals surface area (Å²) in [6.07, 6.45) is 1.03. The average Bonchev–Trinajstić information content (AvgIpc) is 2.71. The summed E-state index contributed by atoms with van der Waals surface area (Å²) in [5, 5.41) is 0.203. The van der Waals surface area contributed by atoms with Crippen molar-refractivity contribution in [2.75, 3.05) is 32.9 Å². The van der Waals surface area contributed by atoms with Crippen LogP contribution in [0.3, 0.4) is 0 Å². The van der Waals surface area contributed by atoms with Crippen molar-refractivity contribution in [2.24, 2.45) is 0 Å². The third-order valence-corrected chi connectivity index (χ3v) is 4.56. The van der Waals surface area contributed by atoms with Crippen LogP contribution < -0.4 is 0 Å². The van der Waals surface area contributed by atoms with Gasteiger partial charge in [-0.25, -0.2) is 0 Å². The predicted molar refractivity (Wildman–Crippen MR) is 88.5 cm³/mol. The standard InChI is InChI=1S/C15H22N2OS.ClH/c1-12-6-4-7-13(10-12)15-17(14(18)11-19-15)9-5-8-16(2)3;/h4,6-7,10,15H,5,8-9,11H2,1-3H3;1H. The number of aryl methyl sites for hydroxylation is 1. The molecule has 1 aliphatic heterocycles. The maximum Gasteiger partial charge on any atom is 0.233 e. The Balaban J connectivity index is 0.00000200. The fourth-order valence-electron chi connectivity index (χ4n) is 2.35. The zero-order valence-corrected chi connectivity index (χ0v) is 14.0. The van der Waals surface area contributed by atoms with Crippen LogP contribution in [-0.2, 0) is 4.79 Å². The SMILES string of the molecule is Cc1cccc(C2SCC(=O)N2CCCN(C)C)c1.Cl. The molecule has 3 nitrogen and oxygen atoms in total. The Bertz CT molecular complexity index is 453. The third kappa shape index (κ3) is 4.40. The molecule has 0 aliphatic carbocycles. The van der Waals surface area contributed by atoms with Gasteiger partial charge in [-0.2, -0.15) is 0 Å². The Labute approximate surface area is 132 Å². The van der Waals surface area contributed by atoms with Crippen LogP contribution in [0.5, 0.6) is 0 Å². The van der Waals surface area contributed by atoms with Crippen LogP contribution in [0.25, 0.3) is 0 Å². The summed E-state index contributed by atoms with van der Waals surface area (Å²) in [5.41, 5.74) is 2.51. The molecule has 1 fully saturated rings. The van der Waals surface area contributed by atoms with E-state index in [1.54, 1.807) is 11.8 Å². The van der Waals surface area contributed by atoms with Gasteiger partial charge in [0.15, 0.2) is 0 Å². The van der Waals surface area contributed by atoms with E-state index in [1.807, 2.05) is 4.90 Å². The van der Waals surface area contributed by atoms with E-state index in [2.05, 4.69) is 50.2 Å². The van der Waals surface area contributed by atoms with E-state index in [1.165, 1.54) is 11.1 Å². The Kier molecular flexibility index (Phi) is 6.86. The summed E-state index contributed by atoms with van der Waals surface area (Å²) >= 11 is 1.74. The Morgan fingerprint density at radius 2 is 2.15 bits per heavy atom. The van der Waals surface area contributed by atoms with Crippen LogP contribution >= 0.6 is 24.2 Å². The first-order valence-corrected chi connectivity index (χ1v) is 7.75. The molecule has 0 N–H and O–H groups in total. The van der Waals surface area contributed by atoms with E-state index in [4.69, 9.17) is 0 Å². The molecule has 1 saturated heterocycles. The lowest BCUT2D eigenvalue weighted by atomic mass is 10.1. The van der Waals surface area contributed by atoms with Crippen LogP contribution in [0.1, 0.15) is 22.9 Å². The number of rotatable bonds is 5. The smallest absolute Gasteiger partial charge is 0.233 e. The Hall–Kier alpha value is -0.710. The van der Waals surface area contributed by atoms with Gasteiger partial charge in [0.05, 0.1) is 5.75 Å². The van der Waals surface area contributed by atoms with E-state index >= 15 is 0 Å². The molecule has 1 heterocycles. The van der Waals surface area contributed by atoms with Gasteiger partial charge in [-0.3, -0.25) is 4.79 Å². The number of hydrogen-bond donors (Lipinski definition) is 0. The Morgan fingerprint density at radius 1 is 1.40 bits per heavy atom. The molecular weight excluding hydrogens is 292 g/mol. The van der Waals surface area contributed by atoms with Crippen molar-refractivity contribution in [2.45, 2.75) is 18.7 Å². The fourth-order valence-corrected chi connectivity index (χ4v) is 3.56. The van der Waals surface area contributed by atoms with Crippen molar-refractivity contribution >= 4 is 30.1 Å². The normalized spacial score (nSPS) is 18.5. The van der Waals surface area contributed by atoms with E-state index < -0.39 is 0 Å². The van der Waals surface area contributed by atoms with Crippen molar-refractivity contribution < 1.29 is 4.79 Å². The quantitative estimate of drug-likeness (QED) is 0.835. The largest absolute Gasteiger partial charge is 0.326 e. The van der Waals surface area contributed by atoms with Gasteiger partial charge in [0.25, 0.3) is 0 Å². The van der Waals surface area contributed by atoms with Crippen molar-refractivity contribution in [1.29, 1.82) is 0 Å². The van der Waals surface area contributed by atoms with E-state index in [9.17, 15) is 4.79 Å². The van der Waals surface area contributed by atoms with Gasteiger partial charge in [-0.05, 0) is 39.5 Å². The number of nitrogens with zero attached hydrogens (tertiary/aromatic N) is 2. The maximum atomic E-state index is 12.0. The highest BCUT2D eigenvalue weighted by Gasteiger charge is 2.32. The van der Waals surface area contributed by atoms with Gasteiger partial charge >= 0.3 is 0 Å². The minimum Gasteiger partial charge on any atom is -0.326 e. The molecule has 0 spiro atoms. The molecular formula is C15H23ClN2OS. The van der Waals surface area contributed by atoms with Crippen LogP contribution in [0, 0.1) is 6.92 Å². The zero-order chi connectivity index (χ0) is 13.8. The number of amides is 1. The number of carbonyl (C=O) groups is 1. The molecule has 0 saturated carbocycles. The highest BCUT2D eigenvalue weighted by molar-refractivity contribution is 8.00. The van der Waals surface area contributed by atoms with Crippen molar-refractivity contribution in [3.05, 3.63) is 35.4 Å². The Morgan fingerprint density at radius 3 is 2.80 bits per heavy atom. The molecule has 2 rings (SSSR count). The first-order valence-electron chi connectivity index (χ1n) is 6.70. The summed E-state index contributed by atoms with van der Waals surface area (Å²) in [5.74, 6) is 0.885. The second kappa shape index (κ2) is 7.91.